The first-order valence-corrected chi connectivity index (χ1v) is 7.85. The lowest BCUT2D eigenvalue weighted by Crippen LogP contribution is -2.04. The second kappa shape index (κ2) is 6.81. The van der Waals surface area contributed by atoms with Crippen molar-refractivity contribution in [3.8, 4) is 11.5 Å². The SMILES string of the molecule is COc1cc(Br)c(C(=O)c2ccc(Br)c(Cl)c2)cc1OC. The standard InChI is InChI=1S/C15H11Br2ClO3/c1-20-13-6-9(11(17)7-14(13)21-2)15(19)8-3-4-10(16)12(18)5-8/h3-7H,1-2H3. The number of ether oxygens (including phenoxy) is 2. The maximum absolute atomic E-state index is 12.6. The fourth-order valence-corrected chi connectivity index (χ4v) is 2.75. The molecule has 0 saturated heterocycles. The van der Waals surface area contributed by atoms with Gasteiger partial charge in [-0.1, -0.05) is 11.6 Å². The summed E-state index contributed by atoms with van der Waals surface area (Å²) in [6.45, 7) is 0. The Balaban J connectivity index is 2.50. The molecule has 0 aliphatic carbocycles. The molecule has 0 heterocycles. The second-order valence-electron chi connectivity index (χ2n) is 4.15. The molecule has 0 radical (unpaired) electrons. The summed E-state index contributed by atoms with van der Waals surface area (Å²) >= 11 is 12.7. The zero-order valence-corrected chi connectivity index (χ0v) is 15.2. The molecule has 6 heteroatoms. The van der Waals surface area contributed by atoms with Crippen molar-refractivity contribution in [1.29, 1.82) is 0 Å². The average Bonchev–Trinajstić information content (AvgIpc) is 2.49. The van der Waals surface area contributed by atoms with Crippen molar-refractivity contribution in [3.63, 3.8) is 0 Å². The number of halogens is 3. The lowest BCUT2D eigenvalue weighted by Gasteiger charge is -2.11. The number of carbonyl (C=O) groups is 1. The van der Waals surface area contributed by atoms with Gasteiger partial charge in [0.2, 0.25) is 0 Å². The van der Waals surface area contributed by atoms with Gasteiger partial charge < -0.3 is 9.47 Å². The Labute approximate surface area is 144 Å². The van der Waals surface area contributed by atoms with E-state index in [1.54, 1.807) is 37.4 Å². The maximum atomic E-state index is 12.6. The Morgan fingerprint density at radius 1 is 1.00 bits per heavy atom. The third-order valence-electron chi connectivity index (χ3n) is 2.90. The molecule has 110 valence electrons. The van der Waals surface area contributed by atoms with Crippen LogP contribution < -0.4 is 9.47 Å². The van der Waals surface area contributed by atoms with Crippen LogP contribution in [0, 0.1) is 0 Å². The number of benzene rings is 2. The molecule has 0 bridgehead atoms. The molecule has 21 heavy (non-hydrogen) atoms. The molecule has 0 saturated carbocycles. The molecule has 2 aromatic rings. The van der Waals surface area contributed by atoms with Gasteiger partial charge >= 0.3 is 0 Å². The molecule has 0 aliphatic rings. The normalized spacial score (nSPS) is 10.3. The summed E-state index contributed by atoms with van der Waals surface area (Å²) in [6.07, 6.45) is 0. The minimum Gasteiger partial charge on any atom is -0.493 e. The van der Waals surface area contributed by atoms with E-state index in [9.17, 15) is 4.79 Å². The van der Waals surface area contributed by atoms with Crippen molar-refractivity contribution < 1.29 is 14.3 Å². The van der Waals surface area contributed by atoms with Crippen LogP contribution >= 0.6 is 43.5 Å². The van der Waals surface area contributed by atoms with Gasteiger partial charge in [-0.25, -0.2) is 0 Å². The molecule has 0 aliphatic heterocycles. The van der Waals surface area contributed by atoms with Crippen LogP contribution in [0.25, 0.3) is 0 Å². The predicted octanol–water partition coefficient (Wildman–Crippen LogP) is 5.11. The third kappa shape index (κ3) is 3.42. The van der Waals surface area contributed by atoms with Gasteiger partial charge in [0, 0.05) is 20.1 Å². The van der Waals surface area contributed by atoms with E-state index in [1.807, 2.05) is 0 Å². The molecule has 0 aromatic heterocycles. The fraction of sp³-hybridized carbons (Fsp3) is 0.133. The van der Waals surface area contributed by atoms with Gasteiger partial charge in [-0.2, -0.15) is 0 Å². The Bertz CT molecular complexity index is 702. The van der Waals surface area contributed by atoms with E-state index in [-0.39, 0.29) is 5.78 Å². The summed E-state index contributed by atoms with van der Waals surface area (Å²) < 4.78 is 11.8. The highest BCUT2D eigenvalue weighted by Crippen LogP contribution is 2.35. The molecule has 0 fully saturated rings. The van der Waals surface area contributed by atoms with Crippen molar-refractivity contribution in [1.82, 2.24) is 0 Å². The first-order chi connectivity index (χ1) is 9.97. The molecule has 2 aromatic carbocycles. The first-order valence-electron chi connectivity index (χ1n) is 5.89. The smallest absolute Gasteiger partial charge is 0.194 e. The Kier molecular flexibility index (Phi) is 5.30. The lowest BCUT2D eigenvalue weighted by atomic mass is 10.0. The molecule has 0 N–H and O–H groups in total. The Hall–Kier alpha value is -1.04. The van der Waals surface area contributed by atoms with Gasteiger partial charge in [-0.15, -0.1) is 0 Å². The van der Waals surface area contributed by atoms with Crippen molar-refractivity contribution in [2.75, 3.05) is 14.2 Å². The highest BCUT2D eigenvalue weighted by Gasteiger charge is 2.17. The van der Waals surface area contributed by atoms with Gasteiger partial charge in [0.05, 0.1) is 19.2 Å². The highest BCUT2D eigenvalue weighted by molar-refractivity contribution is 9.10. The monoisotopic (exact) mass is 432 g/mol. The Morgan fingerprint density at radius 3 is 2.19 bits per heavy atom. The predicted molar refractivity (Wildman–Crippen MR) is 89.8 cm³/mol. The summed E-state index contributed by atoms with van der Waals surface area (Å²) in [6, 6.07) is 8.41. The molecule has 0 spiro atoms. The van der Waals surface area contributed by atoms with Gasteiger partial charge in [0.25, 0.3) is 0 Å². The molecule has 3 nitrogen and oxygen atoms in total. The van der Waals surface area contributed by atoms with Crippen molar-refractivity contribution >= 4 is 49.2 Å². The summed E-state index contributed by atoms with van der Waals surface area (Å²) in [5.74, 6) is 0.888. The van der Waals surface area contributed by atoms with E-state index in [4.69, 9.17) is 21.1 Å². The minimum absolute atomic E-state index is 0.155. The number of carbonyl (C=O) groups excluding carboxylic acids is 1. The van der Waals surface area contributed by atoms with E-state index < -0.39 is 0 Å². The number of rotatable bonds is 4. The van der Waals surface area contributed by atoms with Crippen LogP contribution in [0.3, 0.4) is 0 Å². The molecule has 0 amide bonds. The second-order valence-corrected chi connectivity index (χ2v) is 6.26. The first kappa shape index (κ1) is 16.3. The van der Waals surface area contributed by atoms with Gasteiger partial charge in [0.1, 0.15) is 0 Å². The van der Waals surface area contributed by atoms with Crippen LogP contribution in [0.5, 0.6) is 11.5 Å². The quantitative estimate of drug-likeness (QED) is 0.627. The summed E-state index contributed by atoms with van der Waals surface area (Å²) in [4.78, 5) is 12.6. The van der Waals surface area contributed by atoms with Crippen molar-refractivity contribution in [2.24, 2.45) is 0 Å². The zero-order chi connectivity index (χ0) is 15.6. The average molecular weight is 435 g/mol. The highest BCUT2D eigenvalue weighted by atomic mass is 79.9. The van der Waals surface area contributed by atoms with Crippen LogP contribution in [0.4, 0.5) is 0 Å². The van der Waals surface area contributed by atoms with Crippen LogP contribution in [-0.4, -0.2) is 20.0 Å². The molecule has 2 rings (SSSR count). The van der Waals surface area contributed by atoms with E-state index in [0.29, 0.717) is 32.1 Å². The van der Waals surface area contributed by atoms with E-state index in [1.165, 1.54) is 7.11 Å². The van der Waals surface area contributed by atoms with Crippen molar-refractivity contribution in [3.05, 3.63) is 55.4 Å². The van der Waals surface area contributed by atoms with E-state index in [2.05, 4.69) is 31.9 Å². The summed E-state index contributed by atoms with van der Waals surface area (Å²) in [5, 5.41) is 0.484. The number of hydrogen-bond acceptors (Lipinski definition) is 3. The molecular formula is C15H11Br2ClO3. The van der Waals surface area contributed by atoms with Crippen LogP contribution in [0.15, 0.2) is 39.3 Å². The zero-order valence-electron chi connectivity index (χ0n) is 11.2. The number of hydrogen-bond donors (Lipinski definition) is 0. The van der Waals surface area contributed by atoms with Gasteiger partial charge in [-0.05, 0) is 62.2 Å². The van der Waals surface area contributed by atoms with Crippen LogP contribution in [0.2, 0.25) is 5.02 Å². The maximum Gasteiger partial charge on any atom is 0.194 e. The molecule has 0 atom stereocenters. The number of ketones is 1. The van der Waals surface area contributed by atoms with Gasteiger partial charge in [0.15, 0.2) is 17.3 Å². The van der Waals surface area contributed by atoms with E-state index in [0.717, 1.165) is 4.47 Å². The summed E-state index contributed by atoms with van der Waals surface area (Å²) in [7, 11) is 3.07. The fourth-order valence-electron chi connectivity index (χ4n) is 1.82. The van der Waals surface area contributed by atoms with Crippen LogP contribution in [0.1, 0.15) is 15.9 Å². The van der Waals surface area contributed by atoms with Gasteiger partial charge in [-0.3, -0.25) is 4.79 Å². The third-order valence-corrected chi connectivity index (χ3v) is 4.79. The number of methoxy groups -OCH3 is 2. The summed E-state index contributed by atoms with van der Waals surface area (Å²) in [5.41, 5.74) is 0.974. The van der Waals surface area contributed by atoms with Crippen LogP contribution in [-0.2, 0) is 0 Å². The molecule has 0 unspecified atom stereocenters. The minimum atomic E-state index is -0.155. The lowest BCUT2D eigenvalue weighted by molar-refractivity contribution is 0.103. The molecular weight excluding hydrogens is 423 g/mol. The largest absolute Gasteiger partial charge is 0.493 e. The topological polar surface area (TPSA) is 35.5 Å². The Morgan fingerprint density at radius 2 is 1.62 bits per heavy atom. The van der Waals surface area contributed by atoms with Crippen molar-refractivity contribution in [2.45, 2.75) is 0 Å². The van der Waals surface area contributed by atoms with E-state index >= 15 is 0 Å².